The predicted octanol–water partition coefficient (Wildman–Crippen LogP) is 1.90. The molecule has 2 aromatic heterocycles. The van der Waals surface area contributed by atoms with Crippen molar-refractivity contribution in [2.45, 2.75) is 31.8 Å². The molecule has 20 heavy (non-hydrogen) atoms. The van der Waals surface area contributed by atoms with E-state index < -0.39 is 0 Å². The average Bonchev–Trinajstić information content (AvgIpc) is 3.07. The lowest BCUT2D eigenvalue weighted by molar-refractivity contribution is -0.116. The Bertz CT molecular complexity index is 623. The second kappa shape index (κ2) is 5.72. The molecule has 2 N–H and O–H groups in total. The van der Waals surface area contributed by atoms with Gasteiger partial charge in [0, 0.05) is 13.0 Å². The highest BCUT2D eigenvalue weighted by atomic mass is 35.5. The first-order valence-electron chi connectivity index (χ1n) is 6.50. The van der Waals surface area contributed by atoms with Gasteiger partial charge in [-0.05, 0) is 19.3 Å². The minimum atomic E-state index is -0.147. The topological polar surface area (TPSA) is 92.8 Å². The molecule has 106 valence electrons. The van der Waals surface area contributed by atoms with Crippen LogP contribution < -0.4 is 5.32 Å². The first-order valence-corrected chi connectivity index (χ1v) is 6.88. The van der Waals surface area contributed by atoms with Crippen molar-refractivity contribution >= 4 is 34.6 Å². The molecule has 2 aromatic rings. The zero-order valence-electron chi connectivity index (χ0n) is 10.7. The number of hydrogen-bond donors (Lipinski definition) is 2. The highest BCUT2D eigenvalue weighted by molar-refractivity contribution is 6.33. The smallest absolute Gasteiger partial charge is 0.233 e. The molecule has 0 aliphatic carbocycles. The monoisotopic (exact) mass is 295 g/mol. The quantitative estimate of drug-likeness (QED) is 0.840. The minimum absolute atomic E-state index is 0.147. The molecule has 3 rings (SSSR count). The number of carbonyl (C=O) groups excluding carboxylic acids is 1. The molecule has 3 heterocycles. The number of fused-ring (bicyclic) bond motifs is 1. The van der Waals surface area contributed by atoms with Gasteiger partial charge in [-0.25, -0.2) is 4.98 Å². The zero-order chi connectivity index (χ0) is 13.9. The van der Waals surface area contributed by atoms with E-state index in [1.807, 2.05) is 0 Å². The number of amides is 1. The number of nitrogens with zero attached hydrogens (tertiary/aromatic N) is 3. The number of nitrogens with one attached hydrogen (secondary N) is 2. The molecule has 7 nitrogen and oxygen atoms in total. The number of aromatic nitrogens is 4. The lowest BCUT2D eigenvalue weighted by Gasteiger charge is -2.08. The second-order valence-electron chi connectivity index (χ2n) is 4.66. The van der Waals surface area contributed by atoms with Gasteiger partial charge in [0.15, 0.2) is 10.8 Å². The van der Waals surface area contributed by atoms with Gasteiger partial charge in [-0.1, -0.05) is 11.6 Å². The maximum Gasteiger partial charge on any atom is 0.233 e. The molecule has 8 heteroatoms. The van der Waals surface area contributed by atoms with E-state index in [2.05, 4.69) is 25.3 Å². The molecule has 0 saturated carbocycles. The lowest BCUT2D eigenvalue weighted by Crippen LogP contribution is -2.16. The Morgan fingerprint density at radius 3 is 3.25 bits per heavy atom. The molecule has 0 radical (unpaired) electrons. The van der Waals surface area contributed by atoms with Crippen molar-refractivity contribution in [1.29, 1.82) is 0 Å². The fourth-order valence-corrected chi connectivity index (χ4v) is 2.42. The highest BCUT2D eigenvalue weighted by Crippen LogP contribution is 2.19. The van der Waals surface area contributed by atoms with Crippen LogP contribution in [-0.4, -0.2) is 38.6 Å². The summed E-state index contributed by atoms with van der Waals surface area (Å²) in [6.45, 7) is 0.792. The van der Waals surface area contributed by atoms with Crippen molar-refractivity contribution < 1.29 is 9.53 Å². The van der Waals surface area contributed by atoms with Crippen LogP contribution in [0.2, 0.25) is 5.15 Å². The molecule has 1 unspecified atom stereocenters. The van der Waals surface area contributed by atoms with E-state index in [0.717, 1.165) is 19.4 Å². The van der Waals surface area contributed by atoms with Gasteiger partial charge in [-0.3, -0.25) is 10.1 Å². The Morgan fingerprint density at radius 1 is 1.55 bits per heavy atom. The van der Waals surface area contributed by atoms with Crippen LogP contribution in [0, 0.1) is 0 Å². The maximum absolute atomic E-state index is 11.8. The molecule has 0 aromatic carbocycles. The zero-order valence-corrected chi connectivity index (χ0v) is 11.5. The Labute approximate surface area is 120 Å². The number of carbonyl (C=O) groups is 1. The van der Waals surface area contributed by atoms with Crippen molar-refractivity contribution in [3.05, 3.63) is 11.5 Å². The molecular formula is C12H14ClN5O2. The van der Waals surface area contributed by atoms with Crippen molar-refractivity contribution in [2.24, 2.45) is 0 Å². The normalized spacial score (nSPS) is 18.6. The number of H-pyrrole nitrogens is 1. The summed E-state index contributed by atoms with van der Waals surface area (Å²) >= 11 is 5.97. The van der Waals surface area contributed by atoms with E-state index in [0.29, 0.717) is 24.0 Å². The SMILES string of the molecule is O=C(CCC1CCCO1)Nc1nc(Cl)c2[nH]cnc2n1. The number of halogens is 1. The first-order chi connectivity index (χ1) is 9.72. The van der Waals surface area contributed by atoms with Gasteiger partial charge >= 0.3 is 0 Å². The van der Waals surface area contributed by atoms with Crippen molar-refractivity contribution in [3.8, 4) is 0 Å². The van der Waals surface area contributed by atoms with Crippen LogP contribution in [0.5, 0.6) is 0 Å². The van der Waals surface area contributed by atoms with Crippen molar-refractivity contribution in [2.75, 3.05) is 11.9 Å². The fraction of sp³-hybridized carbons (Fsp3) is 0.500. The Hall–Kier alpha value is -1.73. The maximum atomic E-state index is 11.8. The number of anilines is 1. The summed E-state index contributed by atoms with van der Waals surface area (Å²) in [6, 6.07) is 0. The standard InChI is InChI=1S/C12H14ClN5O2/c13-10-9-11(15-6-14-9)18-12(17-10)16-8(19)4-3-7-2-1-5-20-7/h6-7H,1-5H2,(H2,14,15,16,17,18,19). The van der Waals surface area contributed by atoms with Gasteiger partial charge in [0.05, 0.1) is 12.4 Å². The van der Waals surface area contributed by atoms with E-state index in [1.54, 1.807) is 0 Å². The third kappa shape index (κ3) is 2.88. The predicted molar refractivity (Wildman–Crippen MR) is 73.5 cm³/mol. The van der Waals surface area contributed by atoms with Crippen LogP contribution >= 0.6 is 11.6 Å². The molecule has 0 bridgehead atoms. The molecule has 0 spiro atoms. The number of hydrogen-bond acceptors (Lipinski definition) is 5. The summed E-state index contributed by atoms with van der Waals surface area (Å²) in [4.78, 5) is 26.8. The number of aromatic amines is 1. The third-order valence-corrected chi connectivity index (χ3v) is 3.48. The molecule has 1 aliphatic heterocycles. The molecular weight excluding hydrogens is 282 g/mol. The van der Waals surface area contributed by atoms with E-state index >= 15 is 0 Å². The van der Waals surface area contributed by atoms with Crippen LogP contribution in [0.4, 0.5) is 5.95 Å². The summed E-state index contributed by atoms with van der Waals surface area (Å²) < 4.78 is 5.47. The summed E-state index contributed by atoms with van der Waals surface area (Å²) in [5.74, 6) is 0.0263. The van der Waals surface area contributed by atoms with Gasteiger partial charge < -0.3 is 9.72 Å². The van der Waals surface area contributed by atoms with Gasteiger partial charge in [0.2, 0.25) is 11.9 Å². The van der Waals surface area contributed by atoms with Crippen molar-refractivity contribution in [1.82, 2.24) is 19.9 Å². The van der Waals surface area contributed by atoms with Crippen molar-refractivity contribution in [3.63, 3.8) is 0 Å². The Morgan fingerprint density at radius 2 is 2.45 bits per heavy atom. The van der Waals surface area contributed by atoms with E-state index in [-0.39, 0.29) is 23.1 Å². The van der Waals surface area contributed by atoms with Gasteiger partial charge in [-0.15, -0.1) is 0 Å². The number of rotatable bonds is 4. The van der Waals surface area contributed by atoms with Gasteiger partial charge in [0.25, 0.3) is 0 Å². The van der Waals surface area contributed by atoms with Crippen LogP contribution in [0.15, 0.2) is 6.33 Å². The van der Waals surface area contributed by atoms with E-state index in [4.69, 9.17) is 16.3 Å². The number of ether oxygens (including phenoxy) is 1. The highest BCUT2D eigenvalue weighted by Gasteiger charge is 2.17. The second-order valence-corrected chi connectivity index (χ2v) is 5.02. The molecule has 1 fully saturated rings. The number of imidazole rings is 1. The Balaban J connectivity index is 1.61. The van der Waals surface area contributed by atoms with Crippen LogP contribution in [0.25, 0.3) is 11.2 Å². The summed E-state index contributed by atoms with van der Waals surface area (Å²) in [5.41, 5.74) is 0.989. The van der Waals surface area contributed by atoms with Crippen LogP contribution in [-0.2, 0) is 9.53 Å². The molecule has 1 saturated heterocycles. The third-order valence-electron chi connectivity index (χ3n) is 3.21. The summed E-state index contributed by atoms with van der Waals surface area (Å²) in [5, 5.41) is 2.87. The average molecular weight is 296 g/mol. The molecule has 1 amide bonds. The molecule has 1 atom stereocenters. The minimum Gasteiger partial charge on any atom is -0.378 e. The fourth-order valence-electron chi connectivity index (χ4n) is 2.21. The van der Waals surface area contributed by atoms with Gasteiger partial charge in [0.1, 0.15) is 5.52 Å². The van der Waals surface area contributed by atoms with Gasteiger partial charge in [-0.2, -0.15) is 9.97 Å². The summed E-state index contributed by atoms with van der Waals surface area (Å²) in [7, 11) is 0. The van der Waals surface area contributed by atoms with E-state index in [9.17, 15) is 4.79 Å². The Kier molecular flexibility index (Phi) is 3.79. The molecule has 1 aliphatic rings. The summed E-state index contributed by atoms with van der Waals surface area (Å²) in [6.07, 6.45) is 4.86. The first kappa shape index (κ1) is 13.3. The van der Waals surface area contributed by atoms with Crippen LogP contribution in [0.3, 0.4) is 0 Å². The van der Waals surface area contributed by atoms with Crippen LogP contribution in [0.1, 0.15) is 25.7 Å². The largest absolute Gasteiger partial charge is 0.378 e. The van der Waals surface area contributed by atoms with E-state index in [1.165, 1.54) is 6.33 Å². The lowest BCUT2D eigenvalue weighted by atomic mass is 10.1.